The summed E-state index contributed by atoms with van der Waals surface area (Å²) in [5.74, 6) is 2.81. The van der Waals surface area contributed by atoms with Crippen LogP contribution in [-0.2, 0) is 9.53 Å². The summed E-state index contributed by atoms with van der Waals surface area (Å²) in [7, 11) is 0. The van der Waals surface area contributed by atoms with E-state index >= 15 is 0 Å². The maximum atomic E-state index is 10.6. The average Bonchev–Trinajstić information content (AvgIpc) is 2.60. The highest BCUT2D eigenvalue weighted by molar-refractivity contribution is 5.50. The Kier molecular flexibility index (Phi) is 2.06. The largest absolute Gasteiger partial charge is 0.380 e. The number of ether oxygens (including phenoxy) is 1. The molecule has 1 aromatic rings. The monoisotopic (exact) mass is 248 g/mol. The first-order valence-electron chi connectivity index (χ1n) is 6.47. The van der Waals surface area contributed by atoms with Crippen LogP contribution < -0.4 is 0 Å². The van der Waals surface area contributed by atoms with Crippen molar-refractivity contribution >= 4 is 6.41 Å². The lowest BCUT2D eigenvalue weighted by molar-refractivity contribution is -0.137. The third-order valence-electron chi connectivity index (χ3n) is 4.49. The number of rotatable bonds is 3. The van der Waals surface area contributed by atoms with Gasteiger partial charge >= 0.3 is 0 Å². The van der Waals surface area contributed by atoms with Crippen LogP contribution in [0.3, 0.4) is 0 Å². The van der Waals surface area contributed by atoms with Crippen molar-refractivity contribution in [3.05, 3.63) is 11.6 Å². The van der Waals surface area contributed by atoms with Gasteiger partial charge in [-0.3, -0.25) is 9.89 Å². The van der Waals surface area contributed by atoms with Crippen LogP contribution in [0.2, 0.25) is 0 Å². The van der Waals surface area contributed by atoms with Gasteiger partial charge in [-0.1, -0.05) is 0 Å². The van der Waals surface area contributed by atoms with Crippen molar-refractivity contribution in [2.45, 2.75) is 24.7 Å². The standard InChI is InChI=1S/C12H16N4O2/c17-7-16-5-12(6-16)1-8(2-12)10-13-11(15-14-10)9-3-18-4-9/h7-9H,1-6H2,(H,13,14,15). The van der Waals surface area contributed by atoms with E-state index in [1.54, 1.807) is 0 Å². The van der Waals surface area contributed by atoms with Crippen LogP contribution >= 0.6 is 0 Å². The number of nitrogens with one attached hydrogen (secondary N) is 1. The summed E-state index contributed by atoms with van der Waals surface area (Å²) in [4.78, 5) is 17.0. The fourth-order valence-electron chi connectivity index (χ4n) is 3.36. The van der Waals surface area contributed by atoms with Crippen molar-refractivity contribution in [2.75, 3.05) is 26.3 Å². The molecule has 3 heterocycles. The molecule has 1 saturated carbocycles. The van der Waals surface area contributed by atoms with E-state index in [1.165, 1.54) is 0 Å². The highest BCUT2D eigenvalue weighted by atomic mass is 16.5. The number of carbonyl (C=O) groups is 1. The lowest BCUT2D eigenvalue weighted by Gasteiger charge is -2.57. The summed E-state index contributed by atoms with van der Waals surface area (Å²) in [6.07, 6.45) is 3.21. The van der Waals surface area contributed by atoms with Crippen LogP contribution in [0.25, 0.3) is 0 Å². The summed E-state index contributed by atoms with van der Waals surface area (Å²) in [5.41, 5.74) is 0.387. The third kappa shape index (κ3) is 1.41. The first kappa shape index (κ1) is 10.5. The number of hydrogen-bond donors (Lipinski definition) is 1. The molecular weight excluding hydrogens is 232 g/mol. The molecule has 6 nitrogen and oxygen atoms in total. The van der Waals surface area contributed by atoms with Crippen molar-refractivity contribution < 1.29 is 9.53 Å². The van der Waals surface area contributed by atoms with Crippen molar-refractivity contribution in [2.24, 2.45) is 5.41 Å². The Morgan fingerprint density at radius 2 is 2.11 bits per heavy atom. The molecule has 0 aromatic carbocycles. The lowest BCUT2D eigenvalue weighted by atomic mass is 9.57. The Bertz CT molecular complexity index is 468. The van der Waals surface area contributed by atoms with Gasteiger partial charge in [0.2, 0.25) is 6.41 Å². The number of nitrogens with zero attached hydrogens (tertiary/aromatic N) is 3. The second-order valence-corrected chi connectivity index (χ2v) is 5.93. The van der Waals surface area contributed by atoms with Crippen molar-refractivity contribution in [1.82, 2.24) is 20.1 Å². The SMILES string of the molecule is O=CN1CC2(CC(c3nc(C4COC4)n[nH]3)C2)C1. The molecule has 1 spiro atoms. The van der Waals surface area contributed by atoms with Gasteiger partial charge in [0, 0.05) is 24.4 Å². The Morgan fingerprint density at radius 3 is 2.72 bits per heavy atom. The summed E-state index contributed by atoms with van der Waals surface area (Å²) in [5, 5.41) is 7.35. The van der Waals surface area contributed by atoms with E-state index in [2.05, 4.69) is 15.2 Å². The van der Waals surface area contributed by atoms with Gasteiger partial charge in [0.15, 0.2) is 5.82 Å². The van der Waals surface area contributed by atoms with E-state index in [1.807, 2.05) is 4.90 Å². The fraction of sp³-hybridized carbons (Fsp3) is 0.750. The Balaban J connectivity index is 1.38. The van der Waals surface area contributed by atoms with Gasteiger partial charge < -0.3 is 9.64 Å². The zero-order chi connectivity index (χ0) is 12.2. The molecule has 2 aliphatic heterocycles. The van der Waals surface area contributed by atoms with Gasteiger partial charge in [0.25, 0.3) is 0 Å². The Hall–Kier alpha value is -1.43. The first-order valence-corrected chi connectivity index (χ1v) is 6.47. The van der Waals surface area contributed by atoms with E-state index in [-0.39, 0.29) is 0 Å². The molecule has 96 valence electrons. The smallest absolute Gasteiger partial charge is 0.209 e. The molecule has 0 unspecified atom stereocenters. The van der Waals surface area contributed by atoms with Gasteiger partial charge in [0.05, 0.1) is 19.1 Å². The maximum absolute atomic E-state index is 10.6. The predicted octanol–water partition coefficient (Wildman–Crippen LogP) is 0.254. The first-order chi connectivity index (χ1) is 8.78. The molecule has 18 heavy (non-hydrogen) atoms. The molecule has 2 saturated heterocycles. The van der Waals surface area contributed by atoms with Gasteiger partial charge in [-0.15, -0.1) is 0 Å². The van der Waals surface area contributed by atoms with Crippen LogP contribution in [0.15, 0.2) is 0 Å². The number of aromatic nitrogens is 3. The second-order valence-electron chi connectivity index (χ2n) is 5.93. The zero-order valence-electron chi connectivity index (χ0n) is 10.1. The van der Waals surface area contributed by atoms with Gasteiger partial charge in [-0.2, -0.15) is 5.10 Å². The van der Waals surface area contributed by atoms with Gasteiger partial charge in [-0.05, 0) is 12.8 Å². The summed E-state index contributed by atoms with van der Waals surface area (Å²) >= 11 is 0. The number of carbonyl (C=O) groups excluding carboxylic acids is 1. The van der Waals surface area contributed by atoms with Crippen molar-refractivity contribution in [3.63, 3.8) is 0 Å². The molecule has 0 bridgehead atoms. The molecule has 0 atom stereocenters. The summed E-state index contributed by atoms with van der Waals surface area (Å²) < 4.78 is 5.15. The lowest BCUT2D eigenvalue weighted by Crippen LogP contribution is -2.61. The predicted molar refractivity (Wildman–Crippen MR) is 62.0 cm³/mol. The molecule has 3 fully saturated rings. The van der Waals surface area contributed by atoms with E-state index < -0.39 is 0 Å². The van der Waals surface area contributed by atoms with Crippen LogP contribution in [0.1, 0.15) is 36.3 Å². The minimum Gasteiger partial charge on any atom is -0.380 e. The van der Waals surface area contributed by atoms with Crippen molar-refractivity contribution in [1.29, 1.82) is 0 Å². The Labute approximate surface area is 105 Å². The molecule has 6 heteroatoms. The van der Waals surface area contributed by atoms with Crippen LogP contribution in [-0.4, -0.2) is 52.8 Å². The van der Waals surface area contributed by atoms with Crippen LogP contribution in [0, 0.1) is 5.41 Å². The topological polar surface area (TPSA) is 71.1 Å². The molecule has 1 aromatic heterocycles. The van der Waals surface area contributed by atoms with E-state index in [9.17, 15) is 4.79 Å². The van der Waals surface area contributed by atoms with Gasteiger partial charge in [-0.25, -0.2) is 4.98 Å². The second kappa shape index (κ2) is 3.54. The Morgan fingerprint density at radius 1 is 1.33 bits per heavy atom. The number of aromatic amines is 1. The molecule has 1 amide bonds. The number of hydrogen-bond acceptors (Lipinski definition) is 4. The van der Waals surface area contributed by atoms with Crippen LogP contribution in [0.4, 0.5) is 0 Å². The summed E-state index contributed by atoms with van der Waals surface area (Å²) in [6, 6.07) is 0. The number of amides is 1. The third-order valence-corrected chi connectivity index (χ3v) is 4.49. The molecule has 3 aliphatic rings. The molecule has 4 rings (SSSR count). The zero-order valence-corrected chi connectivity index (χ0v) is 10.1. The highest BCUT2D eigenvalue weighted by Gasteiger charge is 2.53. The molecule has 1 aliphatic carbocycles. The summed E-state index contributed by atoms with van der Waals surface area (Å²) in [6.45, 7) is 3.34. The quantitative estimate of drug-likeness (QED) is 0.779. The molecule has 0 radical (unpaired) electrons. The molecular formula is C12H16N4O2. The van der Waals surface area contributed by atoms with Crippen LogP contribution in [0.5, 0.6) is 0 Å². The van der Waals surface area contributed by atoms with E-state index in [0.717, 1.165) is 57.2 Å². The fourth-order valence-corrected chi connectivity index (χ4v) is 3.36. The van der Waals surface area contributed by atoms with Gasteiger partial charge in [0.1, 0.15) is 5.82 Å². The number of H-pyrrole nitrogens is 1. The number of likely N-dealkylation sites (tertiary alicyclic amines) is 1. The maximum Gasteiger partial charge on any atom is 0.209 e. The average molecular weight is 248 g/mol. The minimum atomic E-state index is 0.387. The normalized spacial score (nSPS) is 26.6. The van der Waals surface area contributed by atoms with E-state index in [4.69, 9.17) is 4.74 Å². The van der Waals surface area contributed by atoms with Crippen molar-refractivity contribution in [3.8, 4) is 0 Å². The molecule has 1 N–H and O–H groups in total. The minimum absolute atomic E-state index is 0.387. The highest BCUT2D eigenvalue weighted by Crippen LogP contribution is 2.55. The van der Waals surface area contributed by atoms with E-state index in [0.29, 0.717) is 17.3 Å².